The van der Waals surface area contributed by atoms with Gasteiger partial charge in [0.1, 0.15) is 73.2 Å². The molecule has 520 valence electrons. The number of allylic oxidation sites excluding steroid dienone is 13. The standard InChI is InChI=1S/C71H123NO18/c1-3-5-7-9-11-13-15-17-19-21-23-25-26-27-28-29-31-33-35-37-39-41-43-45-47-49-59(77)72-54(55(76)48-46-44-42-40-38-36-34-32-30-24-22-20-18-16-14-12-10-8-6-4-2)53-85-69-65(83)62(80)67(57(51-74)87-69)90-71-66(84)63(81)68(58(52-75)88-71)89-70-64(82)61(79)60(78)56(50-73)86-70/h5,7,11,13,17,19,23,25,27-28,38,40,46,48,54-58,60-71,73-76,78-84H,3-4,6,8-10,12,14-16,18,20-22,24,26,29-37,39,41-45,47,49-53H2,1-2H3,(H,72,77)/b7-5-,13-11-,19-17-,25-23-,28-27-,40-38+,48-46+. The summed E-state index contributed by atoms with van der Waals surface area (Å²) in [7, 11) is 0. The molecule has 0 saturated carbocycles. The highest BCUT2D eigenvalue weighted by Crippen LogP contribution is 2.33. The van der Waals surface area contributed by atoms with Crippen molar-refractivity contribution in [1.82, 2.24) is 5.32 Å². The monoisotopic (exact) mass is 1280 g/mol. The van der Waals surface area contributed by atoms with E-state index < -0.39 is 124 Å². The Balaban J connectivity index is 1.46. The van der Waals surface area contributed by atoms with Crippen molar-refractivity contribution in [2.75, 3.05) is 26.4 Å². The van der Waals surface area contributed by atoms with Gasteiger partial charge in [0.2, 0.25) is 5.91 Å². The zero-order valence-corrected chi connectivity index (χ0v) is 54.8. The first-order chi connectivity index (χ1) is 43.8. The summed E-state index contributed by atoms with van der Waals surface area (Å²) in [5.41, 5.74) is 0. The maximum atomic E-state index is 13.4. The normalized spacial score (nSPS) is 28.6. The summed E-state index contributed by atoms with van der Waals surface area (Å²) in [5.74, 6) is -0.294. The van der Waals surface area contributed by atoms with Crippen LogP contribution in [0.25, 0.3) is 0 Å². The molecule has 3 aliphatic heterocycles. The molecule has 0 aromatic rings. The van der Waals surface area contributed by atoms with Crippen LogP contribution in [0.5, 0.6) is 0 Å². The van der Waals surface area contributed by atoms with Crippen molar-refractivity contribution >= 4 is 5.91 Å². The number of carbonyl (C=O) groups is 1. The summed E-state index contributed by atoms with van der Waals surface area (Å²) in [6.45, 7) is 1.60. The average Bonchev–Trinajstić information content (AvgIpc) is 0.847. The fourth-order valence-corrected chi connectivity index (χ4v) is 11.3. The number of hydrogen-bond acceptors (Lipinski definition) is 18. The Kier molecular flexibility index (Phi) is 47.2. The molecule has 3 saturated heterocycles. The number of rotatable bonds is 52. The first-order valence-corrected chi connectivity index (χ1v) is 34.8. The van der Waals surface area contributed by atoms with E-state index in [0.29, 0.717) is 12.8 Å². The fourth-order valence-electron chi connectivity index (χ4n) is 11.3. The molecule has 0 aromatic carbocycles. The van der Waals surface area contributed by atoms with Crippen LogP contribution < -0.4 is 5.32 Å². The number of ether oxygens (including phenoxy) is 6. The minimum Gasteiger partial charge on any atom is -0.394 e. The molecule has 12 N–H and O–H groups in total. The molecule has 17 atom stereocenters. The lowest BCUT2D eigenvalue weighted by molar-refractivity contribution is -0.379. The quantitative estimate of drug-likeness (QED) is 0.0200. The van der Waals surface area contributed by atoms with Gasteiger partial charge in [-0.15, -0.1) is 0 Å². The predicted molar refractivity (Wildman–Crippen MR) is 351 cm³/mol. The van der Waals surface area contributed by atoms with E-state index in [0.717, 1.165) is 83.5 Å². The van der Waals surface area contributed by atoms with Gasteiger partial charge in [-0.2, -0.15) is 0 Å². The highest BCUT2D eigenvalue weighted by molar-refractivity contribution is 5.76. The Hall–Kier alpha value is -3.03. The van der Waals surface area contributed by atoms with E-state index >= 15 is 0 Å². The molecule has 17 unspecified atom stereocenters. The number of aliphatic hydroxyl groups excluding tert-OH is 11. The molecule has 3 rings (SSSR count). The lowest BCUT2D eigenvalue weighted by Gasteiger charge is -2.48. The first kappa shape index (κ1) is 81.2. The Labute approximate surface area is 540 Å². The van der Waals surface area contributed by atoms with Gasteiger partial charge in [-0.3, -0.25) is 4.79 Å². The maximum absolute atomic E-state index is 13.4. The van der Waals surface area contributed by atoms with E-state index in [-0.39, 0.29) is 18.9 Å². The summed E-state index contributed by atoms with van der Waals surface area (Å²) in [4.78, 5) is 13.4. The van der Waals surface area contributed by atoms with Crippen molar-refractivity contribution in [2.45, 2.75) is 330 Å². The fraction of sp³-hybridized carbons (Fsp3) is 0.789. The van der Waals surface area contributed by atoms with E-state index in [2.05, 4.69) is 92.1 Å². The Bertz CT molecular complexity index is 1960. The minimum atomic E-state index is -1.99. The van der Waals surface area contributed by atoms with Crippen molar-refractivity contribution in [2.24, 2.45) is 0 Å². The van der Waals surface area contributed by atoms with Crippen molar-refractivity contribution in [3.8, 4) is 0 Å². The minimum absolute atomic E-state index is 0.223. The average molecular weight is 1280 g/mol. The van der Waals surface area contributed by atoms with Gasteiger partial charge >= 0.3 is 0 Å². The molecule has 3 aliphatic rings. The van der Waals surface area contributed by atoms with E-state index in [1.807, 2.05) is 6.08 Å². The second-order valence-electron chi connectivity index (χ2n) is 24.6. The Morgan fingerprint density at radius 3 is 1.24 bits per heavy atom. The zero-order chi connectivity index (χ0) is 65.4. The van der Waals surface area contributed by atoms with Gasteiger partial charge in [0.25, 0.3) is 0 Å². The number of aliphatic hydroxyl groups is 11. The molecule has 0 aliphatic carbocycles. The lowest BCUT2D eigenvalue weighted by Crippen LogP contribution is -2.66. The summed E-state index contributed by atoms with van der Waals surface area (Å²) in [6.07, 6.45) is 39.8. The van der Waals surface area contributed by atoms with Crippen LogP contribution in [0.4, 0.5) is 0 Å². The predicted octanol–water partition coefficient (Wildman–Crippen LogP) is 9.10. The molecule has 3 fully saturated rings. The van der Waals surface area contributed by atoms with Crippen LogP contribution in [0.3, 0.4) is 0 Å². The van der Waals surface area contributed by atoms with Crippen LogP contribution in [0.2, 0.25) is 0 Å². The molecule has 0 spiro atoms. The number of unbranched alkanes of at least 4 members (excludes halogenated alkanes) is 24. The van der Waals surface area contributed by atoms with Crippen molar-refractivity contribution < 1.29 is 89.4 Å². The van der Waals surface area contributed by atoms with E-state index in [1.165, 1.54) is 109 Å². The van der Waals surface area contributed by atoms with Crippen molar-refractivity contribution in [1.29, 1.82) is 0 Å². The largest absolute Gasteiger partial charge is 0.394 e. The molecule has 90 heavy (non-hydrogen) atoms. The van der Waals surface area contributed by atoms with Gasteiger partial charge in [0, 0.05) is 6.42 Å². The van der Waals surface area contributed by atoms with Crippen LogP contribution >= 0.6 is 0 Å². The zero-order valence-electron chi connectivity index (χ0n) is 54.8. The topological polar surface area (TPSA) is 307 Å². The van der Waals surface area contributed by atoms with Gasteiger partial charge in [0.15, 0.2) is 18.9 Å². The van der Waals surface area contributed by atoms with Crippen LogP contribution in [-0.4, -0.2) is 193 Å². The van der Waals surface area contributed by atoms with Crippen molar-refractivity contribution in [3.05, 3.63) is 85.1 Å². The third-order valence-electron chi connectivity index (χ3n) is 16.9. The summed E-state index contributed by atoms with van der Waals surface area (Å²) in [6, 6.07) is -0.999. The molecule has 0 bridgehead atoms. The number of hydrogen-bond donors (Lipinski definition) is 12. The highest BCUT2D eigenvalue weighted by atomic mass is 16.8. The smallest absolute Gasteiger partial charge is 0.220 e. The van der Waals surface area contributed by atoms with Crippen LogP contribution in [0, 0.1) is 0 Å². The van der Waals surface area contributed by atoms with Crippen LogP contribution in [0.15, 0.2) is 85.1 Å². The maximum Gasteiger partial charge on any atom is 0.220 e. The Morgan fingerprint density at radius 1 is 0.411 bits per heavy atom. The molecule has 1 amide bonds. The van der Waals surface area contributed by atoms with Gasteiger partial charge in [-0.05, 0) is 77.0 Å². The summed E-state index contributed by atoms with van der Waals surface area (Å²) in [5, 5.41) is 121. The number of nitrogens with one attached hydrogen (secondary N) is 1. The Morgan fingerprint density at radius 2 is 0.778 bits per heavy atom. The summed E-state index contributed by atoms with van der Waals surface area (Å²) >= 11 is 0. The van der Waals surface area contributed by atoms with E-state index in [1.54, 1.807) is 6.08 Å². The van der Waals surface area contributed by atoms with Gasteiger partial charge < -0.3 is 89.9 Å². The van der Waals surface area contributed by atoms with Gasteiger partial charge in [0.05, 0.1) is 38.6 Å². The molecule has 3 heterocycles. The second kappa shape index (κ2) is 52.3. The summed E-state index contributed by atoms with van der Waals surface area (Å²) < 4.78 is 34.3. The van der Waals surface area contributed by atoms with E-state index in [4.69, 9.17) is 28.4 Å². The van der Waals surface area contributed by atoms with Crippen LogP contribution in [0.1, 0.15) is 226 Å². The molecule has 0 aromatic heterocycles. The van der Waals surface area contributed by atoms with Crippen LogP contribution in [-0.2, 0) is 33.2 Å². The molecular weight excluding hydrogens is 1150 g/mol. The molecule has 19 nitrogen and oxygen atoms in total. The third-order valence-corrected chi connectivity index (χ3v) is 16.9. The third kappa shape index (κ3) is 33.9. The molecule has 0 radical (unpaired) electrons. The van der Waals surface area contributed by atoms with E-state index in [9.17, 15) is 61.0 Å². The number of amides is 1. The second-order valence-corrected chi connectivity index (χ2v) is 24.6. The van der Waals surface area contributed by atoms with Gasteiger partial charge in [-0.1, -0.05) is 227 Å². The first-order valence-electron chi connectivity index (χ1n) is 34.8. The number of carbonyl (C=O) groups excluding carboxylic acids is 1. The van der Waals surface area contributed by atoms with Gasteiger partial charge in [-0.25, -0.2) is 0 Å². The van der Waals surface area contributed by atoms with Crippen molar-refractivity contribution in [3.63, 3.8) is 0 Å². The SMILES string of the molecule is CC/C=C\C/C=C\C/C=C\C/C=C\C/C=C\CCCCCCCCCCCC(=O)NC(COC1OC(CO)C(OC2OC(CO)C(OC3OC(CO)C(O)C(O)C3O)C(O)C2O)C(O)C1O)C(O)/C=C/CC/C=C/CCCCCCCCCCCCCCCC. The lowest BCUT2D eigenvalue weighted by atomic mass is 9.96. The molecule has 19 heteroatoms. The highest BCUT2D eigenvalue weighted by Gasteiger charge is 2.53. The molecular formula is C71H123NO18.